The minimum atomic E-state index is 0.205. The van der Waals surface area contributed by atoms with Gasteiger partial charge >= 0.3 is 0 Å². The van der Waals surface area contributed by atoms with Crippen LogP contribution in [0.1, 0.15) is 38.5 Å². The van der Waals surface area contributed by atoms with Crippen molar-refractivity contribution < 1.29 is 4.79 Å². The average Bonchev–Trinajstić information content (AvgIpc) is 2.71. The van der Waals surface area contributed by atoms with Gasteiger partial charge in [-0.2, -0.15) is 0 Å². The van der Waals surface area contributed by atoms with Gasteiger partial charge in [0.1, 0.15) is 0 Å². The molecule has 2 N–H and O–H groups in total. The van der Waals surface area contributed by atoms with Gasteiger partial charge < -0.3 is 10.6 Å². The molecule has 1 aliphatic carbocycles. The van der Waals surface area contributed by atoms with Gasteiger partial charge in [0.2, 0.25) is 5.91 Å². The molecule has 0 aromatic rings. The lowest BCUT2D eigenvalue weighted by molar-refractivity contribution is -0.121. The maximum Gasteiger partial charge on any atom is 0.224 e. The molecule has 1 amide bonds. The Kier molecular flexibility index (Phi) is 3.78. The van der Waals surface area contributed by atoms with Crippen LogP contribution in [-0.2, 0) is 4.79 Å². The molecule has 3 heteroatoms. The highest BCUT2D eigenvalue weighted by Crippen LogP contribution is 2.19. The van der Waals surface area contributed by atoms with E-state index in [1.54, 1.807) is 0 Å². The highest BCUT2D eigenvalue weighted by molar-refractivity contribution is 5.78. The third-order valence-corrected chi connectivity index (χ3v) is 3.20. The smallest absolute Gasteiger partial charge is 0.224 e. The highest BCUT2D eigenvalue weighted by atomic mass is 16.1. The molecule has 15 heavy (non-hydrogen) atoms. The van der Waals surface area contributed by atoms with E-state index in [4.69, 9.17) is 0 Å². The molecule has 0 bridgehead atoms. The molecule has 2 aliphatic rings. The number of carbonyl (C=O) groups is 1. The van der Waals surface area contributed by atoms with Gasteiger partial charge in [-0.25, -0.2) is 0 Å². The molecule has 1 heterocycles. The second kappa shape index (κ2) is 5.31. The second-order valence-corrected chi connectivity index (χ2v) is 4.54. The molecular formula is C12H20N2O. The first-order valence-electron chi connectivity index (χ1n) is 6.02. The molecule has 2 rings (SSSR count). The number of nitrogens with one attached hydrogen (secondary N) is 2. The predicted octanol–water partition coefficient (Wildman–Crippen LogP) is 1.35. The summed E-state index contributed by atoms with van der Waals surface area (Å²) in [7, 11) is 0. The van der Waals surface area contributed by atoms with Crippen molar-refractivity contribution in [2.24, 2.45) is 0 Å². The SMILES string of the molecule is O=C(CC1=CCCCC1)N[C@H]1CCNC1. The van der Waals surface area contributed by atoms with Gasteiger partial charge in [-0.1, -0.05) is 11.6 Å². The van der Waals surface area contributed by atoms with Gasteiger partial charge in [-0.05, 0) is 38.6 Å². The van der Waals surface area contributed by atoms with Crippen LogP contribution in [0.5, 0.6) is 0 Å². The highest BCUT2D eigenvalue weighted by Gasteiger charge is 2.17. The summed E-state index contributed by atoms with van der Waals surface area (Å²) in [6.45, 7) is 1.97. The zero-order chi connectivity index (χ0) is 10.5. The molecule has 3 nitrogen and oxygen atoms in total. The van der Waals surface area contributed by atoms with Crippen molar-refractivity contribution in [1.82, 2.24) is 10.6 Å². The number of allylic oxidation sites excluding steroid dienone is 1. The first-order chi connectivity index (χ1) is 7.34. The van der Waals surface area contributed by atoms with Crippen LogP contribution < -0.4 is 10.6 Å². The van der Waals surface area contributed by atoms with Gasteiger partial charge in [-0.15, -0.1) is 0 Å². The van der Waals surface area contributed by atoms with Crippen molar-refractivity contribution in [3.05, 3.63) is 11.6 Å². The number of carbonyl (C=O) groups excluding carboxylic acids is 1. The van der Waals surface area contributed by atoms with Crippen LogP contribution >= 0.6 is 0 Å². The van der Waals surface area contributed by atoms with E-state index in [0.29, 0.717) is 12.5 Å². The third kappa shape index (κ3) is 3.34. The van der Waals surface area contributed by atoms with Gasteiger partial charge in [0.05, 0.1) is 0 Å². The Morgan fingerprint density at radius 3 is 3.13 bits per heavy atom. The Hall–Kier alpha value is -0.830. The number of amides is 1. The lowest BCUT2D eigenvalue weighted by Crippen LogP contribution is -2.36. The van der Waals surface area contributed by atoms with Gasteiger partial charge in [-0.3, -0.25) is 4.79 Å². The van der Waals surface area contributed by atoms with Crippen LogP contribution in [0.25, 0.3) is 0 Å². The quantitative estimate of drug-likeness (QED) is 0.687. The summed E-state index contributed by atoms with van der Waals surface area (Å²) in [6, 6.07) is 0.363. The van der Waals surface area contributed by atoms with E-state index >= 15 is 0 Å². The van der Waals surface area contributed by atoms with E-state index in [9.17, 15) is 4.79 Å². The summed E-state index contributed by atoms with van der Waals surface area (Å²) in [4.78, 5) is 11.7. The topological polar surface area (TPSA) is 41.1 Å². The summed E-state index contributed by atoms with van der Waals surface area (Å²) in [5.41, 5.74) is 1.34. The van der Waals surface area contributed by atoms with Crippen molar-refractivity contribution in [2.45, 2.75) is 44.6 Å². The van der Waals surface area contributed by atoms with Crippen LogP contribution in [0.2, 0.25) is 0 Å². The van der Waals surface area contributed by atoms with Gasteiger partial charge in [0, 0.05) is 19.0 Å². The summed E-state index contributed by atoms with van der Waals surface area (Å²) in [5, 5.41) is 6.34. The summed E-state index contributed by atoms with van der Waals surface area (Å²) in [6.07, 6.45) is 8.77. The molecule has 1 fully saturated rings. The van der Waals surface area contributed by atoms with E-state index in [-0.39, 0.29) is 5.91 Å². The number of hydrogen-bond donors (Lipinski definition) is 2. The normalized spacial score (nSPS) is 26.1. The van der Waals surface area contributed by atoms with E-state index in [0.717, 1.165) is 32.4 Å². The Balaban J connectivity index is 1.73. The first kappa shape index (κ1) is 10.7. The zero-order valence-electron chi connectivity index (χ0n) is 9.22. The molecule has 0 radical (unpaired) electrons. The molecular weight excluding hydrogens is 188 g/mol. The van der Waals surface area contributed by atoms with Crippen LogP contribution in [-0.4, -0.2) is 25.0 Å². The monoisotopic (exact) mass is 208 g/mol. The van der Waals surface area contributed by atoms with Crippen molar-refractivity contribution in [3.63, 3.8) is 0 Å². The van der Waals surface area contributed by atoms with E-state index in [1.807, 2.05) is 0 Å². The van der Waals surface area contributed by atoms with Crippen molar-refractivity contribution >= 4 is 5.91 Å². The number of hydrogen-bond acceptors (Lipinski definition) is 2. The fourth-order valence-electron chi connectivity index (χ4n) is 2.33. The molecule has 0 unspecified atom stereocenters. The minimum absolute atomic E-state index is 0.205. The molecule has 84 valence electrons. The fourth-order valence-corrected chi connectivity index (χ4v) is 2.33. The fraction of sp³-hybridized carbons (Fsp3) is 0.750. The molecule has 1 atom stereocenters. The summed E-state index contributed by atoms with van der Waals surface area (Å²) >= 11 is 0. The van der Waals surface area contributed by atoms with Gasteiger partial charge in [0.15, 0.2) is 0 Å². The Bertz CT molecular complexity index is 254. The van der Waals surface area contributed by atoms with Gasteiger partial charge in [0.25, 0.3) is 0 Å². The molecule has 0 aromatic heterocycles. The zero-order valence-corrected chi connectivity index (χ0v) is 9.22. The lowest BCUT2D eigenvalue weighted by Gasteiger charge is -2.15. The maximum atomic E-state index is 11.7. The Labute approximate surface area is 91.3 Å². The molecule has 1 saturated heterocycles. The largest absolute Gasteiger partial charge is 0.352 e. The van der Waals surface area contributed by atoms with Crippen LogP contribution in [0, 0.1) is 0 Å². The van der Waals surface area contributed by atoms with Crippen LogP contribution in [0.15, 0.2) is 11.6 Å². The maximum absolute atomic E-state index is 11.7. The van der Waals surface area contributed by atoms with Crippen LogP contribution in [0.4, 0.5) is 0 Å². The third-order valence-electron chi connectivity index (χ3n) is 3.20. The number of rotatable bonds is 3. The molecule has 0 saturated carbocycles. The lowest BCUT2D eigenvalue weighted by atomic mass is 9.97. The summed E-state index contributed by atoms with van der Waals surface area (Å²) in [5.74, 6) is 0.205. The molecule has 1 aliphatic heterocycles. The Morgan fingerprint density at radius 1 is 1.53 bits per heavy atom. The molecule has 0 spiro atoms. The Morgan fingerprint density at radius 2 is 2.47 bits per heavy atom. The minimum Gasteiger partial charge on any atom is -0.352 e. The van der Waals surface area contributed by atoms with E-state index in [2.05, 4.69) is 16.7 Å². The average molecular weight is 208 g/mol. The second-order valence-electron chi connectivity index (χ2n) is 4.54. The van der Waals surface area contributed by atoms with Crippen LogP contribution in [0.3, 0.4) is 0 Å². The molecule has 0 aromatic carbocycles. The van der Waals surface area contributed by atoms with Crippen molar-refractivity contribution in [3.8, 4) is 0 Å². The summed E-state index contributed by atoms with van der Waals surface area (Å²) < 4.78 is 0. The van der Waals surface area contributed by atoms with Crippen molar-refractivity contribution in [1.29, 1.82) is 0 Å². The predicted molar refractivity (Wildman–Crippen MR) is 60.6 cm³/mol. The standard InChI is InChI=1S/C12H20N2O/c15-12(14-11-6-7-13-9-11)8-10-4-2-1-3-5-10/h4,11,13H,1-3,5-9H2,(H,14,15)/t11-/m0/s1. The van der Waals surface area contributed by atoms with E-state index < -0.39 is 0 Å². The van der Waals surface area contributed by atoms with E-state index in [1.165, 1.54) is 18.4 Å². The first-order valence-corrected chi connectivity index (χ1v) is 6.02. The van der Waals surface area contributed by atoms with Crippen molar-refractivity contribution in [2.75, 3.05) is 13.1 Å².